The van der Waals surface area contributed by atoms with Gasteiger partial charge in [-0.25, -0.2) is 0 Å². The first kappa shape index (κ1) is 18.8. The number of aryl methyl sites for hydroxylation is 1. The molecule has 1 atom stereocenters. The molecule has 0 aliphatic rings. The lowest BCUT2D eigenvalue weighted by molar-refractivity contribution is -0.122. The van der Waals surface area contributed by atoms with E-state index in [-0.39, 0.29) is 17.4 Å². The van der Waals surface area contributed by atoms with Gasteiger partial charge in [0.15, 0.2) is 0 Å². The molecule has 3 rings (SSSR count). The van der Waals surface area contributed by atoms with E-state index in [9.17, 15) is 4.79 Å². The van der Waals surface area contributed by atoms with Gasteiger partial charge in [0.2, 0.25) is 17.6 Å². The summed E-state index contributed by atoms with van der Waals surface area (Å²) in [6, 6.07) is 19.6. The number of aromatic nitrogens is 2. The molecule has 1 amide bonds. The quantitative estimate of drug-likeness (QED) is 0.696. The third-order valence-corrected chi connectivity index (χ3v) is 4.37. The number of carbonyl (C=O) groups excluding carboxylic acids is 1. The molecule has 3 aromatic rings. The molecule has 140 valence electrons. The third-order valence-electron chi connectivity index (χ3n) is 4.37. The van der Waals surface area contributed by atoms with E-state index in [0.29, 0.717) is 24.6 Å². The zero-order valence-corrected chi connectivity index (χ0v) is 16.0. The van der Waals surface area contributed by atoms with Crippen LogP contribution < -0.4 is 5.32 Å². The SMILES string of the molecule is CC(C)(C)[C@@H](NC(=O)CCc1nc(-c2ccccc2)no1)c1ccccc1. The van der Waals surface area contributed by atoms with Gasteiger partial charge in [0.05, 0.1) is 6.04 Å². The highest BCUT2D eigenvalue weighted by molar-refractivity contribution is 5.76. The van der Waals surface area contributed by atoms with Crippen LogP contribution in [0.3, 0.4) is 0 Å². The molecule has 1 aromatic heterocycles. The summed E-state index contributed by atoms with van der Waals surface area (Å²) in [6.07, 6.45) is 0.715. The highest BCUT2D eigenvalue weighted by Crippen LogP contribution is 2.32. The maximum absolute atomic E-state index is 12.5. The van der Waals surface area contributed by atoms with Crippen molar-refractivity contribution in [2.45, 2.75) is 39.7 Å². The predicted molar refractivity (Wildman–Crippen MR) is 105 cm³/mol. The van der Waals surface area contributed by atoms with Crippen LogP contribution in [0, 0.1) is 5.41 Å². The minimum absolute atomic E-state index is 0.0294. The molecule has 1 heterocycles. The van der Waals surface area contributed by atoms with Gasteiger partial charge in [-0.1, -0.05) is 86.6 Å². The number of nitrogens with zero attached hydrogens (tertiary/aromatic N) is 2. The fourth-order valence-electron chi connectivity index (χ4n) is 2.96. The standard InChI is InChI=1S/C22H25N3O2/c1-22(2,3)20(16-10-6-4-7-11-16)23-18(26)14-15-19-24-21(25-27-19)17-12-8-5-9-13-17/h4-13,20H,14-15H2,1-3H3,(H,23,26)/t20-/m0/s1. The van der Waals surface area contributed by atoms with E-state index in [1.165, 1.54) is 0 Å². The molecule has 0 spiro atoms. The van der Waals surface area contributed by atoms with Gasteiger partial charge in [-0.3, -0.25) is 4.79 Å². The fraction of sp³-hybridized carbons (Fsp3) is 0.318. The summed E-state index contributed by atoms with van der Waals surface area (Å²) in [4.78, 5) is 16.9. The van der Waals surface area contributed by atoms with Gasteiger partial charge < -0.3 is 9.84 Å². The summed E-state index contributed by atoms with van der Waals surface area (Å²) < 4.78 is 5.29. The molecule has 0 aliphatic carbocycles. The first-order valence-corrected chi connectivity index (χ1v) is 9.16. The molecule has 0 fully saturated rings. The van der Waals surface area contributed by atoms with Crippen LogP contribution in [0.25, 0.3) is 11.4 Å². The molecule has 1 N–H and O–H groups in total. The molecule has 5 heteroatoms. The molecule has 0 unspecified atom stereocenters. The van der Waals surface area contributed by atoms with Crippen molar-refractivity contribution in [2.24, 2.45) is 5.41 Å². The Morgan fingerprint density at radius 2 is 1.67 bits per heavy atom. The smallest absolute Gasteiger partial charge is 0.227 e. The molecule has 2 aromatic carbocycles. The Labute approximate surface area is 159 Å². The Bertz CT molecular complexity index is 867. The van der Waals surface area contributed by atoms with E-state index in [2.05, 4.69) is 36.2 Å². The lowest BCUT2D eigenvalue weighted by Gasteiger charge is -2.32. The van der Waals surface area contributed by atoms with Crippen molar-refractivity contribution in [1.82, 2.24) is 15.5 Å². The monoisotopic (exact) mass is 363 g/mol. The van der Waals surface area contributed by atoms with Crippen LogP contribution in [0.4, 0.5) is 0 Å². The zero-order valence-electron chi connectivity index (χ0n) is 16.0. The molecular weight excluding hydrogens is 338 g/mol. The topological polar surface area (TPSA) is 68.0 Å². The van der Waals surface area contributed by atoms with E-state index in [1.54, 1.807) is 0 Å². The van der Waals surface area contributed by atoms with Gasteiger partial charge in [-0.05, 0) is 11.0 Å². The van der Waals surface area contributed by atoms with Crippen molar-refractivity contribution >= 4 is 5.91 Å². The predicted octanol–water partition coefficient (Wildman–Crippen LogP) is 4.57. The van der Waals surface area contributed by atoms with Crippen LogP contribution in [0.2, 0.25) is 0 Å². The van der Waals surface area contributed by atoms with Crippen molar-refractivity contribution in [3.05, 3.63) is 72.1 Å². The average molecular weight is 363 g/mol. The van der Waals surface area contributed by atoms with Gasteiger partial charge in [-0.2, -0.15) is 4.98 Å². The largest absolute Gasteiger partial charge is 0.349 e. The van der Waals surface area contributed by atoms with E-state index >= 15 is 0 Å². The average Bonchev–Trinajstić information content (AvgIpc) is 3.14. The van der Waals surface area contributed by atoms with Crippen LogP contribution in [-0.4, -0.2) is 16.0 Å². The fourth-order valence-corrected chi connectivity index (χ4v) is 2.96. The van der Waals surface area contributed by atoms with Gasteiger partial charge in [0.1, 0.15) is 0 Å². The second-order valence-corrected chi connectivity index (χ2v) is 7.65. The zero-order chi connectivity index (χ0) is 19.3. The maximum atomic E-state index is 12.5. The molecule has 27 heavy (non-hydrogen) atoms. The Kier molecular flexibility index (Phi) is 5.69. The number of rotatable bonds is 6. The Balaban J connectivity index is 1.61. The second kappa shape index (κ2) is 8.16. The second-order valence-electron chi connectivity index (χ2n) is 7.65. The molecule has 0 bridgehead atoms. The van der Waals surface area contributed by atoms with Gasteiger partial charge in [0, 0.05) is 18.4 Å². The van der Waals surface area contributed by atoms with Gasteiger partial charge in [-0.15, -0.1) is 0 Å². The first-order chi connectivity index (χ1) is 12.9. The van der Waals surface area contributed by atoms with E-state index in [0.717, 1.165) is 11.1 Å². The Morgan fingerprint density at radius 1 is 1.04 bits per heavy atom. The van der Waals surface area contributed by atoms with Crippen molar-refractivity contribution in [2.75, 3.05) is 0 Å². The summed E-state index contributed by atoms with van der Waals surface area (Å²) in [5.41, 5.74) is 1.90. The number of carbonyl (C=O) groups is 1. The molecule has 0 aliphatic heterocycles. The highest BCUT2D eigenvalue weighted by atomic mass is 16.5. The van der Waals surface area contributed by atoms with Gasteiger partial charge in [0.25, 0.3) is 0 Å². The van der Waals surface area contributed by atoms with E-state index < -0.39 is 0 Å². The summed E-state index contributed by atoms with van der Waals surface area (Å²) >= 11 is 0. The lowest BCUT2D eigenvalue weighted by atomic mass is 9.82. The summed E-state index contributed by atoms with van der Waals surface area (Å²) in [7, 11) is 0. The number of benzene rings is 2. The number of hydrogen-bond donors (Lipinski definition) is 1. The van der Waals surface area contributed by atoms with Crippen molar-refractivity contribution < 1.29 is 9.32 Å². The van der Waals surface area contributed by atoms with Crippen molar-refractivity contribution in [3.8, 4) is 11.4 Å². The normalized spacial score (nSPS) is 12.6. The van der Waals surface area contributed by atoms with Crippen molar-refractivity contribution in [1.29, 1.82) is 0 Å². The Morgan fingerprint density at radius 3 is 2.30 bits per heavy atom. The number of hydrogen-bond acceptors (Lipinski definition) is 4. The lowest BCUT2D eigenvalue weighted by Crippen LogP contribution is -2.36. The number of nitrogens with one attached hydrogen (secondary N) is 1. The van der Waals surface area contributed by atoms with Crippen LogP contribution in [-0.2, 0) is 11.2 Å². The van der Waals surface area contributed by atoms with Gasteiger partial charge >= 0.3 is 0 Å². The first-order valence-electron chi connectivity index (χ1n) is 9.16. The van der Waals surface area contributed by atoms with Crippen LogP contribution >= 0.6 is 0 Å². The molecular formula is C22H25N3O2. The molecule has 5 nitrogen and oxygen atoms in total. The minimum atomic E-state index is -0.0953. The van der Waals surface area contributed by atoms with Crippen LogP contribution in [0.15, 0.2) is 65.2 Å². The van der Waals surface area contributed by atoms with Crippen LogP contribution in [0.5, 0.6) is 0 Å². The third kappa shape index (κ3) is 5.03. The number of amides is 1. The Hall–Kier alpha value is -2.95. The highest BCUT2D eigenvalue weighted by Gasteiger charge is 2.27. The van der Waals surface area contributed by atoms with E-state index in [1.807, 2.05) is 60.7 Å². The van der Waals surface area contributed by atoms with Crippen molar-refractivity contribution in [3.63, 3.8) is 0 Å². The molecule has 0 saturated heterocycles. The van der Waals surface area contributed by atoms with Crippen LogP contribution in [0.1, 0.15) is 44.7 Å². The summed E-state index contributed by atoms with van der Waals surface area (Å²) in [5.74, 6) is 0.983. The maximum Gasteiger partial charge on any atom is 0.227 e. The summed E-state index contributed by atoms with van der Waals surface area (Å²) in [6.45, 7) is 6.36. The summed E-state index contributed by atoms with van der Waals surface area (Å²) in [5, 5.41) is 7.15. The molecule has 0 saturated carbocycles. The van der Waals surface area contributed by atoms with E-state index in [4.69, 9.17) is 4.52 Å². The minimum Gasteiger partial charge on any atom is -0.349 e. The molecule has 0 radical (unpaired) electrons.